The van der Waals surface area contributed by atoms with Gasteiger partial charge in [0, 0.05) is 10.4 Å². The Balaban J connectivity index is 1.86. The molecule has 1 fully saturated rings. The molecule has 0 bridgehead atoms. The fraction of sp³-hybridized carbons (Fsp3) is 0.308. The summed E-state index contributed by atoms with van der Waals surface area (Å²) in [7, 11) is 0. The zero-order chi connectivity index (χ0) is 14.5. The summed E-state index contributed by atoms with van der Waals surface area (Å²) in [5.41, 5.74) is 4.16. The maximum absolute atomic E-state index is 12.8. The quantitative estimate of drug-likeness (QED) is 0.836. The van der Waals surface area contributed by atoms with Crippen molar-refractivity contribution in [2.45, 2.75) is 24.6 Å². The molecule has 3 nitrogen and oxygen atoms in total. The molecule has 7 heteroatoms. The molecule has 1 amide bonds. The van der Waals surface area contributed by atoms with Crippen molar-refractivity contribution in [3.8, 4) is 0 Å². The van der Waals surface area contributed by atoms with Crippen LogP contribution in [0.25, 0.3) is 10.1 Å². The van der Waals surface area contributed by atoms with Gasteiger partial charge in [-0.05, 0) is 42.5 Å². The summed E-state index contributed by atoms with van der Waals surface area (Å²) in [6.45, 7) is 0. The SMILES string of the molecule is Nc1ccc2sc(C(=O)NC3(C(F)(F)F)CC3)cc2c1. The number of hydrogen-bond acceptors (Lipinski definition) is 3. The van der Waals surface area contributed by atoms with Crippen molar-refractivity contribution in [1.29, 1.82) is 0 Å². The Labute approximate surface area is 116 Å². The van der Waals surface area contributed by atoms with Crippen LogP contribution >= 0.6 is 11.3 Å². The third-order valence-corrected chi connectivity index (χ3v) is 4.52. The zero-order valence-electron chi connectivity index (χ0n) is 10.3. The summed E-state index contributed by atoms with van der Waals surface area (Å²) in [6.07, 6.45) is -4.51. The highest BCUT2D eigenvalue weighted by Crippen LogP contribution is 2.49. The Bertz CT molecular complexity index is 688. The second-order valence-corrected chi connectivity index (χ2v) is 6.03. The van der Waals surface area contributed by atoms with Gasteiger partial charge in [0.2, 0.25) is 0 Å². The highest BCUT2D eigenvalue weighted by molar-refractivity contribution is 7.20. The van der Waals surface area contributed by atoms with Crippen LogP contribution in [0.5, 0.6) is 0 Å². The van der Waals surface area contributed by atoms with Crippen LogP contribution < -0.4 is 11.1 Å². The average Bonchev–Trinajstić information content (AvgIpc) is 3.01. The summed E-state index contributed by atoms with van der Waals surface area (Å²) >= 11 is 1.16. The summed E-state index contributed by atoms with van der Waals surface area (Å²) in [5.74, 6) is -0.681. The van der Waals surface area contributed by atoms with Gasteiger partial charge in [0.25, 0.3) is 5.91 Å². The average molecular weight is 300 g/mol. The van der Waals surface area contributed by atoms with Crippen LogP contribution in [0, 0.1) is 0 Å². The van der Waals surface area contributed by atoms with Crippen molar-refractivity contribution in [3.05, 3.63) is 29.1 Å². The molecule has 2 aromatic rings. The van der Waals surface area contributed by atoms with E-state index in [2.05, 4.69) is 5.32 Å². The molecular formula is C13H11F3N2OS. The number of carbonyl (C=O) groups is 1. The number of amides is 1. The maximum atomic E-state index is 12.8. The standard InChI is InChI=1S/C13H11F3N2OS/c14-13(15,16)12(3-4-12)18-11(19)10-6-7-5-8(17)1-2-9(7)20-10/h1-2,5-6H,3-4,17H2,(H,18,19). The molecule has 1 aliphatic carbocycles. The first kappa shape index (κ1) is 13.2. The van der Waals surface area contributed by atoms with E-state index >= 15 is 0 Å². The van der Waals surface area contributed by atoms with Gasteiger partial charge in [-0.1, -0.05) is 0 Å². The molecule has 1 saturated carbocycles. The number of benzene rings is 1. The molecule has 0 unspecified atom stereocenters. The minimum Gasteiger partial charge on any atom is -0.399 e. The van der Waals surface area contributed by atoms with E-state index < -0.39 is 17.6 Å². The molecule has 20 heavy (non-hydrogen) atoms. The van der Waals surface area contributed by atoms with E-state index in [4.69, 9.17) is 5.73 Å². The number of anilines is 1. The third-order valence-electron chi connectivity index (χ3n) is 3.41. The predicted molar refractivity (Wildman–Crippen MR) is 71.7 cm³/mol. The number of fused-ring (bicyclic) bond motifs is 1. The summed E-state index contributed by atoms with van der Waals surface area (Å²) in [4.78, 5) is 12.2. The lowest BCUT2D eigenvalue weighted by atomic mass is 10.2. The second kappa shape index (κ2) is 4.12. The number of nitrogen functional groups attached to an aromatic ring is 1. The molecule has 0 atom stereocenters. The monoisotopic (exact) mass is 300 g/mol. The van der Waals surface area contributed by atoms with Gasteiger partial charge in [0.15, 0.2) is 0 Å². The number of thiophene rings is 1. The molecule has 3 N–H and O–H groups in total. The molecule has 1 aromatic heterocycles. The van der Waals surface area contributed by atoms with Crippen molar-refractivity contribution in [3.63, 3.8) is 0 Å². The van der Waals surface area contributed by atoms with Crippen LogP contribution in [-0.4, -0.2) is 17.6 Å². The van der Waals surface area contributed by atoms with E-state index in [1.165, 1.54) is 0 Å². The number of rotatable bonds is 2. The van der Waals surface area contributed by atoms with Gasteiger partial charge in [0.05, 0.1) is 4.88 Å². The van der Waals surface area contributed by atoms with Gasteiger partial charge >= 0.3 is 6.18 Å². The zero-order valence-corrected chi connectivity index (χ0v) is 11.1. The maximum Gasteiger partial charge on any atom is 0.411 e. The van der Waals surface area contributed by atoms with E-state index in [9.17, 15) is 18.0 Å². The van der Waals surface area contributed by atoms with Crippen LogP contribution in [0.3, 0.4) is 0 Å². The molecule has 0 spiro atoms. The fourth-order valence-corrected chi connectivity index (χ4v) is 3.00. The van der Waals surface area contributed by atoms with Crippen molar-refractivity contribution >= 4 is 33.0 Å². The first-order valence-electron chi connectivity index (χ1n) is 5.99. The molecule has 1 heterocycles. The Hall–Kier alpha value is -1.76. The molecule has 1 aromatic carbocycles. The van der Waals surface area contributed by atoms with E-state index in [1.54, 1.807) is 24.3 Å². The second-order valence-electron chi connectivity index (χ2n) is 4.94. The van der Waals surface area contributed by atoms with Gasteiger partial charge in [-0.15, -0.1) is 11.3 Å². The van der Waals surface area contributed by atoms with E-state index in [0.29, 0.717) is 5.69 Å². The largest absolute Gasteiger partial charge is 0.411 e. The molecule has 0 saturated heterocycles. The van der Waals surface area contributed by atoms with Crippen LogP contribution in [0.15, 0.2) is 24.3 Å². The topological polar surface area (TPSA) is 55.1 Å². The molecule has 3 rings (SSSR count). The lowest BCUT2D eigenvalue weighted by Gasteiger charge is -2.20. The predicted octanol–water partition coefficient (Wildman–Crippen LogP) is 3.31. The molecule has 0 radical (unpaired) electrons. The lowest BCUT2D eigenvalue weighted by molar-refractivity contribution is -0.163. The number of nitrogens with one attached hydrogen (secondary N) is 1. The third kappa shape index (κ3) is 2.11. The minimum atomic E-state index is -4.40. The van der Waals surface area contributed by atoms with Gasteiger partial charge < -0.3 is 11.1 Å². The first-order valence-corrected chi connectivity index (χ1v) is 6.81. The normalized spacial score (nSPS) is 17.1. The van der Waals surface area contributed by atoms with Crippen LogP contribution in [0.2, 0.25) is 0 Å². The van der Waals surface area contributed by atoms with Gasteiger partial charge in [0.1, 0.15) is 5.54 Å². The highest BCUT2D eigenvalue weighted by atomic mass is 32.1. The lowest BCUT2D eigenvalue weighted by Crippen LogP contribution is -2.47. The number of alkyl halides is 3. The van der Waals surface area contributed by atoms with E-state index in [1.807, 2.05) is 0 Å². The van der Waals surface area contributed by atoms with Crippen molar-refractivity contribution in [1.82, 2.24) is 5.32 Å². The van der Waals surface area contributed by atoms with Crippen LogP contribution in [0.1, 0.15) is 22.5 Å². The molecular weight excluding hydrogens is 289 g/mol. The minimum absolute atomic E-state index is 0.0555. The Morgan fingerprint density at radius 3 is 2.60 bits per heavy atom. The van der Waals surface area contributed by atoms with E-state index in [-0.39, 0.29) is 17.7 Å². The van der Waals surface area contributed by atoms with Crippen molar-refractivity contribution < 1.29 is 18.0 Å². The Kier molecular flexibility index (Phi) is 2.72. The summed E-state index contributed by atoms with van der Waals surface area (Å²) in [5, 5.41) is 2.88. The molecule has 106 valence electrons. The summed E-state index contributed by atoms with van der Waals surface area (Å²) in [6, 6.07) is 6.71. The molecule has 0 aliphatic heterocycles. The van der Waals surface area contributed by atoms with Gasteiger partial charge in [-0.2, -0.15) is 13.2 Å². The van der Waals surface area contributed by atoms with Gasteiger partial charge in [-0.25, -0.2) is 0 Å². The Morgan fingerprint density at radius 1 is 1.30 bits per heavy atom. The van der Waals surface area contributed by atoms with Crippen molar-refractivity contribution in [2.24, 2.45) is 0 Å². The fourth-order valence-electron chi connectivity index (χ4n) is 2.06. The van der Waals surface area contributed by atoms with Gasteiger partial charge in [-0.3, -0.25) is 4.79 Å². The molecule has 1 aliphatic rings. The number of hydrogen-bond donors (Lipinski definition) is 2. The van der Waals surface area contributed by atoms with Crippen LogP contribution in [0.4, 0.5) is 18.9 Å². The number of carbonyl (C=O) groups excluding carboxylic acids is 1. The number of nitrogens with two attached hydrogens (primary N) is 1. The first-order chi connectivity index (χ1) is 9.31. The highest BCUT2D eigenvalue weighted by Gasteiger charge is 2.64. The van der Waals surface area contributed by atoms with Crippen LogP contribution in [-0.2, 0) is 0 Å². The van der Waals surface area contributed by atoms with Crippen molar-refractivity contribution in [2.75, 3.05) is 5.73 Å². The van der Waals surface area contributed by atoms with E-state index in [0.717, 1.165) is 21.4 Å². The summed E-state index contributed by atoms with van der Waals surface area (Å²) < 4.78 is 39.2. The number of halogens is 3. The smallest absolute Gasteiger partial charge is 0.399 e. The Morgan fingerprint density at radius 2 is 2.00 bits per heavy atom.